The zero-order valence-corrected chi connectivity index (χ0v) is 35.9. The molecule has 1 aliphatic rings. The first-order valence-corrected chi connectivity index (χ1v) is 22.7. The van der Waals surface area contributed by atoms with Crippen molar-refractivity contribution in [2.75, 3.05) is 0 Å². The maximum absolute atomic E-state index is 6.87. The Morgan fingerprint density at radius 1 is 0.403 bits per heavy atom. The lowest BCUT2D eigenvalue weighted by Gasteiger charge is -2.26. The van der Waals surface area contributed by atoms with Crippen molar-refractivity contribution in [2.45, 2.75) is 6.17 Å². The minimum Gasteiger partial charge on any atom is -0.456 e. The van der Waals surface area contributed by atoms with Gasteiger partial charge in [-0.3, -0.25) is 0 Å². The van der Waals surface area contributed by atoms with Crippen LogP contribution in [0.4, 0.5) is 0 Å². The zero-order valence-electron chi connectivity index (χ0n) is 35.9. The molecule has 0 fully saturated rings. The molecule has 1 unspecified atom stereocenters. The first kappa shape index (κ1) is 36.4. The highest BCUT2D eigenvalue weighted by Gasteiger charge is 2.29. The molecule has 0 saturated heterocycles. The highest BCUT2D eigenvalue weighted by atomic mass is 16.3. The van der Waals surface area contributed by atoms with E-state index >= 15 is 0 Å². The Labute approximate surface area is 382 Å². The number of hydrogen-bond donors (Lipinski definition) is 1. The van der Waals surface area contributed by atoms with Crippen LogP contribution in [-0.2, 0) is 0 Å². The summed E-state index contributed by atoms with van der Waals surface area (Å²) in [5, 5.41) is 19.7. The quantitative estimate of drug-likeness (QED) is 0.192. The van der Waals surface area contributed by atoms with Crippen LogP contribution in [0.3, 0.4) is 0 Å². The Hall–Kier alpha value is -9.00. The Balaban J connectivity index is 1.06. The van der Waals surface area contributed by atoms with Crippen LogP contribution in [-0.4, -0.2) is 16.2 Å². The average molecular weight is 857 g/mol. The first-order chi connectivity index (χ1) is 33.1. The summed E-state index contributed by atoms with van der Waals surface area (Å²) < 4.78 is 15.8. The molecule has 0 aliphatic carbocycles. The van der Waals surface area contributed by atoms with E-state index in [1.807, 2.05) is 12.1 Å². The van der Waals surface area contributed by atoms with Crippen molar-refractivity contribution in [3.05, 3.63) is 223 Å². The molecule has 11 aromatic carbocycles. The molecule has 0 radical (unpaired) electrons. The van der Waals surface area contributed by atoms with E-state index in [9.17, 15) is 0 Å². The zero-order chi connectivity index (χ0) is 43.7. The fourth-order valence-electron chi connectivity index (χ4n) is 10.7. The molecule has 1 atom stereocenters. The van der Waals surface area contributed by atoms with E-state index in [4.69, 9.17) is 18.8 Å². The van der Waals surface area contributed by atoms with Crippen molar-refractivity contribution >= 4 is 120 Å². The van der Waals surface area contributed by atoms with Crippen LogP contribution in [0, 0.1) is 0 Å². The SMILES string of the molecule is c1ccc2cc(C3N=C(c4ccc5c(c4)oc4ccccc45)N=C(c4c(-n5c6cc7ccccc7cc6c6cc7ccccc7cc65)ccc5oc6cc7ccccc7cc6c45)N3)ccc2c1. The molecule has 0 amide bonds. The van der Waals surface area contributed by atoms with E-state index in [1.165, 1.54) is 37.7 Å². The summed E-state index contributed by atoms with van der Waals surface area (Å²) in [6, 6.07) is 73.5. The standard InChI is InChI=1S/C61H36N4O2/c1-2-12-36-27-43(22-21-35(36)11-1)59-62-60(44-23-24-46-45-19-9-10-20-53(45)66-55(46)34-44)64-61(63-59)58-50(25-26-54-57(58)49-30-39-15-5-8-18-42(39)33-56(49)67-54)65-51-31-40-16-6-3-13-37(40)28-47(51)48-29-38-14-4-7-17-41(38)32-52(48)65/h1-34,59H,(H,62,63,64). The Morgan fingerprint density at radius 2 is 0.955 bits per heavy atom. The van der Waals surface area contributed by atoms with Crippen molar-refractivity contribution in [2.24, 2.45) is 9.98 Å². The number of nitrogens with zero attached hydrogens (tertiary/aromatic N) is 3. The third-order valence-electron chi connectivity index (χ3n) is 13.9. The van der Waals surface area contributed by atoms with Crippen LogP contribution < -0.4 is 5.32 Å². The van der Waals surface area contributed by atoms with E-state index in [0.717, 1.165) is 93.4 Å². The van der Waals surface area contributed by atoms with Gasteiger partial charge >= 0.3 is 0 Å². The topological polar surface area (TPSA) is 68.0 Å². The van der Waals surface area contributed by atoms with Gasteiger partial charge in [0.1, 0.15) is 34.3 Å². The summed E-state index contributed by atoms with van der Waals surface area (Å²) in [6.07, 6.45) is -0.480. The summed E-state index contributed by atoms with van der Waals surface area (Å²) in [5.41, 5.74) is 9.24. The number of furan rings is 2. The van der Waals surface area contributed by atoms with Gasteiger partial charge in [-0.15, -0.1) is 0 Å². The molecule has 14 aromatic rings. The van der Waals surface area contributed by atoms with Crippen molar-refractivity contribution in [3.8, 4) is 5.69 Å². The predicted octanol–water partition coefficient (Wildman–Crippen LogP) is 15.7. The Bertz CT molecular complexity index is 4420. The fourth-order valence-corrected chi connectivity index (χ4v) is 10.7. The second kappa shape index (κ2) is 13.8. The second-order valence-electron chi connectivity index (χ2n) is 17.8. The maximum Gasteiger partial charge on any atom is 0.159 e. The summed E-state index contributed by atoms with van der Waals surface area (Å²) in [5.74, 6) is 1.30. The number of amidine groups is 2. The number of aromatic nitrogens is 1. The van der Waals surface area contributed by atoms with E-state index < -0.39 is 6.17 Å². The molecular weight excluding hydrogens is 821 g/mol. The van der Waals surface area contributed by atoms with Crippen LogP contribution in [0.25, 0.3) is 114 Å². The third kappa shape index (κ3) is 5.50. The van der Waals surface area contributed by atoms with Crippen LogP contribution in [0.1, 0.15) is 22.9 Å². The number of aliphatic imine (C=N–C) groups is 2. The monoisotopic (exact) mass is 856 g/mol. The summed E-state index contributed by atoms with van der Waals surface area (Å²) >= 11 is 0. The molecule has 0 bridgehead atoms. The Morgan fingerprint density at radius 3 is 1.66 bits per heavy atom. The minimum absolute atomic E-state index is 0.480. The Kier molecular flexibility index (Phi) is 7.46. The normalized spacial score (nSPS) is 14.4. The molecule has 0 saturated carbocycles. The van der Waals surface area contributed by atoms with Gasteiger partial charge in [-0.25, -0.2) is 9.98 Å². The van der Waals surface area contributed by atoms with Crippen LogP contribution >= 0.6 is 0 Å². The molecule has 6 nitrogen and oxygen atoms in total. The molecule has 67 heavy (non-hydrogen) atoms. The van der Waals surface area contributed by atoms with E-state index in [0.29, 0.717) is 11.7 Å². The van der Waals surface area contributed by atoms with Gasteiger partial charge < -0.3 is 18.7 Å². The molecule has 312 valence electrons. The van der Waals surface area contributed by atoms with Crippen LogP contribution in [0.5, 0.6) is 0 Å². The van der Waals surface area contributed by atoms with E-state index in [2.05, 4.69) is 204 Å². The van der Waals surface area contributed by atoms with Gasteiger partial charge in [-0.05, 0) is 121 Å². The number of nitrogens with one attached hydrogen (secondary N) is 1. The largest absolute Gasteiger partial charge is 0.456 e. The average Bonchev–Trinajstić information content (AvgIpc) is 4.04. The van der Waals surface area contributed by atoms with Crippen LogP contribution in [0.2, 0.25) is 0 Å². The van der Waals surface area contributed by atoms with Crippen molar-refractivity contribution in [1.82, 2.24) is 9.88 Å². The van der Waals surface area contributed by atoms with E-state index in [1.54, 1.807) is 0 Å². The van der Waals surface area contributed by atoms with Gasteiger partial charge in [-0.1, -0.05) is 133 Å². The van der Waals surface area contributed by atoms with Crippen molar-refractivity contribution < 1.29 is 8.83 Å². The lowest BCUT2D eigenvalue weighted by molar-refractivity contribution is 0.667. The highest BCUT2D eigenvalue weighted by molar-refractivity contribution is 6.26. The first-order valence-electron chi connectivity index (χ1n) is 22.7. The lowest BCUT2D eigenvalue weighted by atomic mass is 9.99. The summed E-state index contributed by atoms with van der Waals surface area (Å²) in [7, 11) is 0. The van der Waals surface area contributed by atoms with Crippen molar-refractivity contribution in [3.63, 3.8) is 0 Å². The lowest BCUT2D eigenvalue weighted by Crippen LogP contribution is -2.34. The van der Waals surface area contributed by atoms with E-state index in [-0.39, 0.29) is 0 Å². The molecule has 1 N–H and O–H groups in total. The summed E-state index contributed by atoms with van der Waals surface area (Å²) in [4.78, 5) is 11.1. The highest BCUT2D eigenvalue weighted by Crippen LogP contribution is 2.43. The third-order valence-corrected chi connectivity index (χ3v) is 13.9. The van der Waals surface area contributed by atoms with Crippen LogP contribution in [0.15, 0.2) is 225 Å². The molecule has 0 spiro atoms. The fraction of sp³-hybridized carbons (Fsp3) is 0.0164. The van der Waals surface area contributed by atoms with Gasteiger partial charge in [0.15, 0.2) is 5.84 Å². The number of hydrogen-bond acceptors (Lipinski definition) is 5. The van der Waals surface area contributed by atoms with Gasteiger partial charge in [-0.2, -0.15) is 0 Å². The number of para-hydroxylation sites is 1. The predicted molar refractivity (Wildman–Crippen MR) is 277 cm³/mol. The number of benzene rings is 11. The van der Waals surface area contributed by atoms with Gasteiger partial charge in [0, 0.05) is 37.9 Å². The minimum atomic E-state index is -0.480. The van der Waals surface area contributed by atoms with Gasteiger partial charge in [0.25, 0.3) is 0 Å². The smallest absolute Gasteiger partial charge is 0.159 e. The summed E-state index contributed by atoms with van der Waals surface area (Å²) in [6.45, 7) is 0. The number of fused-ring (bicyclic) bond motifs is 13. The van der Waals surface area contributed by atoms with Gasteiger partial charge in [0.2, 0.25) is 0 Å². The molecule has 6 heteroatoms. The maximum atomic E-state index is 6.87. The number of rotatable bonds is 4. The van der Waals surface area contributed by atoms with Crippen molar-refractivity contribution in [1.29, 1.82) is 0 Å². The molecule has 4 heterocycles. The molecule has 3 aromatic heterocycles. The second-order valence-corrected chi connectivity index (χ2v) is 17.8. The molecular formula is C61H36N4O2. The van der Waals surface area contributed by atoms with Gasteiger partial charge in [0.05, 0.1) is 22.3 Å². The molecule has 15 rings (SSSR count). The molecule has 1 aliphatic heterocycles.